The highest BCUT2D eigenvalue weighted by Crippen LogP contribution is 2.31. The number of hydrogen-bond acceptors (Lipinski definition) is 4. The van der Waals surface area contributed by atoms with Gasteiger partial charge in [0.05, 0.1) is 28.8 Å². The zero-order valence-corrected chi connectivity index (χ0v) is 16.4. The van der Waals surface area contributed by atoms with Gasteiger partial charge in [0.15, 0.2) is 0 Å². The van der Waals surface area contributed by atoms with Crippen LogP contribution < -0.4 is 15.8 Å². The van der Waals surface area contributed by atoms with Gasteiger partial charge in [0.1, 0.15) is 12.4 Å². The number of benzene rings is 4. The molecule has 5 rings (SSSR count). The number of nitrogens with zero attached hydrogens (tertiary/aromatic N) is 1. The molecule has 0 saturated carbocycles. The van der Waals surface area contributed by atoms with Crippen LogP contribution in [0, 0.1) is 0 Å². The van der Waals surface area contributed by atoms with Gasteiger partial charge >= 0.3 is 0 Å². The first kappa shape index (κ1) is 18.0. The van der Waals surface area contributed by atoms with Crippen molar-refractivity contribution in [3.8, 4) is 5.75 Å². The van der Waals surface area contributed by atoms with Crippen molar-refractivity contribution in [3.05, 3.63) is 103 Å². The Morgan fingerprint density at radius 2 is 1.60 bits per heavy atom. The minimum Gasteiger partial charge on any atom is -0.489 e. The van der Waals surface area contributed by atoms with Gasteiger partial charge in [-0.25, -0.2) is 0 Å². The Hall–Kier alpha value is -4.05. The Morgan fingerprint density at radius 3 is 2.50 bits per heavy atom. The maximum atomic E-state index is 6.38. The number of pyridine rings is 1. The standard InChI is InChI=1S/C26H21N3O/c27-26-23-9-5-4-8-19(23)11-13-24(26)29-21-14-20-10-12-22(15-25(20)28-16-21)30-17-18-6-2-1-3-7-18/h1-16,29H,17,27H2. The van der Waals surface area contributed by atoms with Crippen LogP contribution in [0.25, 0.3) is 21.7 Å². The molecule has 146 valence electrons. The number of hydrogen-bond donors (Lipinski definition) is 2. The summed E-state index contributed by atoms with van der Waals surface area (Å²) in [5, 5.41) is 6.60. The molecule has 0 aliphatic carbocycles. The maximum Gasteiger partial charge on any atom is 0.122 e. The quantitative estimate of drug-likeness (QED) is 0.346. The summed E-state index contributed by atoms with van der Waals surface area (Å²) in [7, 11) is 0. The number of nitrogens with one attached hydrogen (secondary N) is 1. The topological polar surface area (TPSA) is 60.2 Å². The fraction of sp³-hybridized carbons (Fsp3) is 0.0385. The van der Waals surface area contributed by atoms with Crippen molar-refractivity contribution in [2.45, 2.75) is 6.61 Å². The molecule has 0 atom stereocenters. The average Bonchev–Trinajstić information content (AvgIpc) is 2.80. The molecule has 1 aromatic heterocycles. The first-order valence-corrected chi connectivity index (χ1v) is 9.87. The van der Waals surface area contributed by atoms with Crippen LogP contribution in [0.1, 0.15) is 5.56 Å². The predicted octanol–water partition coefficient (Wildman–Crippen LogP) is 6.29. The van der Waals surface area contributed by atoms with Crippen LogP contribution in [0.15, 0.2) is 97.2 Å². The van der Waals surface area contributed by atoms with E-state index < -0.39 is 0 Å². The van der Waals surface area contributed by atoms with Crippen molar-refractivity contribution in [2.75, 3.05) is 11.1 Å². The van der Waals surface area contributed by atoms with E-state index in [9.17, 15) is 0 Å². The lowest BCUT2D eigenvalue weighted by atomic mass is 10.1. The van der Waals surface area contributed by atoms with Gasteiger partial charge in [-0.05, 0) is 35.2 Å². The van der Waals surface area contributed by atoms with E-state index in [1.165, 1.54) is 0 Å². The van der Waals surface area contributed by atoms with Gasteiger partial charge in [-0.15, -0.1) is 0 Å². The molecule has 1 heterocycles. The molecule has 4 heteroatoms. The van der Waals surface area contributed by atoms with E-state index in [1.54, 1.807) is 0 Å². The smallest absolute Gasteiger partial charge is 0.122 e. The van der Waals surface area contributed by atoms with Gasteiger partial charge in [0.25, 0.3) is 0 Å². The third-order valence-corrected chi connectivity index (χ3v) is 5.15. The van der Waals surface area contributed by atoms with E-state index in [1.807, 2.05) is 66.9 Å². The van der Waals surface area contributed by atoms with Crippen LogP contribution in [0.3, 0.4) is 0 Å². The zero-order valence-electron chi connectivity index (χ0n) is 16.4. The van der Waals surface area contributed by atoms with Crippen LogP contribution in [-0.4, -0.2) is 4.98 Å². The predicted molar refractivity (Wildman–Crippen MR) is 124 cm³/mol. The molecule has 0 fully saturated rings. The molecular formula is C26H21N3O. The summed E-state index contributed by atoms with van der Waals surface area (Å²) >= 11 is 0. The van der Waals surface area contributed by atoms with Crippen molar-refractivity contribution >= 4 is 38.7 Å². The molecule has 30 heavy (non-hydrogen) atoms. The third-order valence-electron chi connectivity index (χ3n) is 5.15. The first-order chi connectivity index (χ1) is 14.8. The fourth-order valence-corrected chi connectivity index (χ4v) is 3.56. The Kier molecular flexibility index (Phi) is 4.66. The molecule has 4 nitrogen and oxygen atoms in total. The highest BCUT2D eigenvalue weighted by atomic mass is 16.5. The number of nitrogens with two attached hydrogens (primary N) is 1. The van der Waals surface area contributed by atoms with Gasteiger partial charge < -0.3 is 15.8 Å². The third kappa shape index (κ3) is 3.63. The number of fused-ring (bicyclic) bond motifs is 2. The highest BCUT2D eigenvalue weighted by Gasteiger charge is 2.06. The highest BCUT2D eigenvalue weighted by molar-refractivity contribution is 6.00. The molecule has 0 radical (unpaired) electrons. The van der Waals surface area contributed by atoms with Crippen LogP contribution in [0.5, 0.6) is 5.75 Å². The molecule has 0 saturated heterocycles. The lowest BCUT2D eigenvalue weighted by Crippen LogP contribution is -1.98. The molecule has 0 bridgehead atoms. The second kappa shape index (κ2) is 7.76. The van der Waals surface area contributed by atoms with Crippen molar-refractivity contribution in [1.29, 1.82) is 0 Å². The number of ether oxygens (including phenoxy) is 1. The van der Waals surface area contributed by atoms with Gasteiger partial charge in [0, 0.05) is 16.8 Å². The Balaban J connectivity index is 1.37. The Labute approximate surface area is 174 Å². The van der Waals surface area contributed by atoms with E-state index in [0.29, 0.717) is 6.61 Å². The SMILES string of the molecule is Nc1c(Nc2cnc3cc(OCc4ccccc4)ccc3c2)ccc2ccccc12. The van der Waals surface area contributed by atoms with Crippen LogP contribution in [-0.2, 0) is 6.61 Å². The lowest BCUT2D eigenvalue weighted by Gasteiger charge is -2.12. The largest absolute Gasteiger partial charge is 0.489 e. The van der Waals surface area contributed by atoms with E-state index in [4.69, 9.17) is 10.5 Å². The van der Waals surface area contributed by atoms with Crippen molar-refractivity contribution in [1.82, 2.24) is 4.98 Å². The monoisotopic (exact) mass is 391 g/mol. The number of nitrogen functional groups attached to an aromatic ring is 1. The van der Waals surface area contributed by atoms with E-state index in [0.717, 1.165) is 50.1 Å². The second-order valence-corrected chi connectivity index (χ2v) is 7.23. The van der Waals surface area contributed by atoms with Crippen molar-refractivity contribution in [2.24, 2.45) is 0 Å². The summed E-state index contributed by atoms with van der Waals surface area (Å²) < 4.78 is 5.91. The molecule has 5 aromatic rings. The molecule has 0 unspecified atom stereocenters. The molecule has 0 aliphatic rings. The van der Waals surface area contributed by atoms with Crippen LogP contribution >= 0.6 is 0 Å². The van der Waals surface area contributed by atoms with Crippen molar-refractivity contribution < 1.29 is 4.74 Å². The summed E-state index contributed by atoms with van der Waals surface area (Å²) in [4.78, 5) is 4.60. The molecule has 4 aromatic carbocycles. The van der Waals surface area contributed by atoms with Crippen molar-refractivity contribution in [3.63, 3.8) is 0 Å². The second-order valence-electron chi connectivity index (χ2n) is 7.23. The summed E-state index contributed by atoms with van der Waals surface area (Å²) in [6, 6.07) is 30.3. The average molecular weight is 391 g/mol. The van der Waals surface area contributed by atoms with Gasteiger partial charge in [0.2, 0.25) is 0 Å². The van der Waals surface area contributed by atoms with Crippen LogP contribution in [0.2, 0.25) is 0 Å². The minimum atomic E-state index is 0.535. The fourth-order valence-electron chi connectivity index (χ4n) is 3.56. The zero-order chi connectivity index (χ0) is 20.3. The number of anilines is 3. The minimum absolute atomic E-state index is 0.535. The number of rotatable bonds is 5. The molecule has 3 N–H and O–H groups in total. The first-order valence-electron chi connectivity index (χ1n) is 9.87. The molecule has 0 spiro atoms. The lowest BCUT2D eigenvalue weighted by molar-refractivity contribution is 0.306. The summed E-state index contributed by atoms with van der Waals surface area (Å²) in [5.74, 6) is 0.804. The summed E-state index contributed by atoms with van der Waals surface area (Å²) in [6.45, 7) is 0.535. The van der Waals surface area contributed by atoms with E-state index in [2.05, 4.69) is 40.6 Å². The molecule has 0 aliphatic heterocycles. The van der Waals surface area contributed by atoms with Gasteiger partial charge in [-0.1, -0.05) is 60.7 Å². The van der Waals surface area contributed by atoms with E-state index in [-0.39, 0.29) is 0 Å². The summed E-state index contributed by atoms with van der Waals surface area (Å²) in [6.07, 6.45) is 1.82. The molecular weight excluding hydrogens is 370 g/mol. The van der Waals surface area contributed by atoms with E-state index >= 15 is 0 Å². The maximum absolute atomic E-state index is 6.38. The Morgan fingerprint density at radius 1 is 0.800 bits per heavy atom. The molecule has 0 amide bonds. The summed E-state index contributed by atoms with van der Waals surface area (Å²) in [5.41, 5.74) is 10.9. The normalized spacial score (nSPS) is 10.9. The van der Waals surface area contributed by atoms with Crippen LogP contribution in [0.4, 0.5) is 17.1 Å². The van der Waals surface area contributed by atoms with Gasteiger partial charge in [-0.3, -0.25) is 4.98 Å². The van der Waals surface area contributed by atoms with Gasteiger partial charge in [-0.2, -0.15) is 0 Å². The Bertz CT molecular complexity index is 1330. The number of aromatic nitrogens is 1.